The van der Waals surface area contributed by atoms with E-state index in [1.54, 1.807) is 0 Å². The largest absolute Gasteiger partial charge is 0.382 e. The lowest BCUT2D eigenvalue weighted by atomic mass is 10.0. The van der Waals surface area contributed by atoms with Crippen LogP contribution in [0.15, 0.2) is 54.4 Å². The molecule has 1 heterocycles. The average molecular weight is 329 g/mol. The van der Waals surface area contributed by atoms with Gasteiger partial charge in [-0.1, -0.05) is 36.4 Å². The zero-order chi connectivity index (χ0) is 17.7. The van der Waals surface area contributed by atoms with E-state index in [4.69, 9.17) is 0 Å². The third kappa shape index (κ3) is 4.02. The van der Waals surface area contributed by atoms with Crippen LogP contribution in [0.4, 0.5) is 0 Å². The van der Waals surface area contributed by atoms with E-state index < -0.39 is 6.10 Å². The van der Waals surface area contributed by atoms with Crippen LogP contribution in [0, 0.1) is 0 Å². The summed E-state index contributed by atoms with van der Waals surface area (Å²) in [6.07, 6.45) is 4.45. The smallest absolute Gasteiger partial charge is 0.120 e. The van der Waals surface area contributed by atoms with Gasteiger partial charge in [-0.3, -0.25) is 0 Å². The molecule has 0 bridgehead atoms. The van der Waals surface area contributed by atoms with E-state index in [0.29, 0.717) is 12.1 Å². The number of benzene rings is 1. The molecule has 3 heteroatoms. The van der Waals surface area contributed by atoms with Crippen LogP contribution in [0.3, 0.4) is 0 Å². The van der Waals surface area contributed by atoms with E-state index in [0.717, 1.165) is 37.2 Å². The molecule has 24 heavy (non-hydrogen) atoms. The highest BCUT2D eigenvalue weighted by atomic mass is 16.3. The second-order valence-corrected chi connectivity index (χ2v) is 7.09. The summed E-state index contributed by atoms with van der Waals surface area (Å²) >= 11 is 0. The lowest BCUT2D eigenvalue weighted by Crippen LogP contribution is -2.36. The van der Waals surface area contributed by atoms with Crippen LogP contribution in [0.1, 0.15) is 58.6 Å². The van der Waals surface area contributed by atoms with Crippen molar-refractivity contribution in [2.24, 2.45) is 0 Å². The molecule has 0 saturated carbocycles. The van der Waals surface area contributed by atoms with Crippen molar-refractivity contribution in [2.45, 2.75) is 65.1 Å². The molecule has 0 aliphatic carbocycles. The molecule has 132 valence electrons. The van der Waals surface area contributed by atoms with Crippen LogP contribution < -0.4 is 0 Å². The van der Waals surface area contributed by atoms with Crippen LogP contribution in [0.2, 0.25) is 0 Å². The first-order valence-corrected chi connectivity index (χ1v) is 9.07. The Labute approximate surface area is 147 Å². The van der Waals surface area contributed by atoms with Crippen molar-refractivity contribution in [2.75, 3.05) is 6.67 Å². The summed E-state index contributed by atoms with van der Waals surface area (Å²) < 4.78 is 0. The summed E-state index contributed by atoms with van der Waals surface area (Å²) in [4.78, 5) is 4.78. The first-order valence-electron chi connectivity index (χ1n) is 9.07. The molecule has 0 saturated heterocycles. The first kappa shape index (κ1) is 18.6. The predicted molar refractivity (Wildman–Crippen MR) is 101 cm³/mol. The van der Waals surface area contributed by atoms with Gasteiger partial charge >= 0.3 is 0 Å². The van der Waals surface area contributed by atoms with E-state index in [-0.39, 0.29) is 0 Å². The third-order valence-electron chi connectivity index (χ3n) is 4.70. The molecule has 1 unspecified atom stereocenters. The van der Waals surface area contributed by atoms with Crippen molar-refractivity contribution >= 4 is 0 Å². The number of rotatable bonds is 8. The fraction of sp³-hybridized carbons (Fsp3) is 0.524. The van der Waals surface area contributed by atoms with Gasteiger partial charge in [0.05, 0.1) is 12.4 Å². The van der Waals surface area contributed by atoms with Gasteiger partial charge in [-0.15, -0.1) is 6.58 Å². The zero-order valence-electron chi connectivity index (χ0n) is 15.6. The van der Waals surface area contributed by atoms with Crippen molar-refractivity contribution in [3.63, 3.8) is 0 Å². The Morgan fingerprint density at radius 2 is 1.71 bits per heavy atom. The zero-order valence-corrected chi connectivity index (χ0v) is 15.6. The molecule has 0 radical (unpaired) electrons. The van der Waals surface area contributed by atoms with Crippen LogP contribution >= 0.6 is 0 Å². The number of aliphatic hydroxyl groups excluding tert-OH is 1. The summed E-state index contributed by atoms with van der Waals surface area (Å²) in [7, 11) is 0. The molecule has 0 spiro atoms. The second-order valence-electron chi connectivity index (χ2n) is 7.09. The first-order chi connectivity index (χ1) is 11.5. The molecule has 1 atom stereocenters. The number of unbranched alkanes of at least 4 members (excludes halogenated alkanes) is 1. The quantitative estimate of drug-likeness (QED) is 0.554. The second kappa shape index (κ2) is 8.39. The number of aliphatic hydroxyl groups is 1. The molecule has 1 aliphatic rings. The van der Waals surface area contributed by atoms with Gasteiger partial charge in [0.1, 0.15) is 6.10 Å². The average Bonchev–Trinajstić information content (AvgIpc) is 2.95. The molecule has 1 aliphatic heterocycles. The van der Waals surface area contributed by atoms with Crippen molar-refractivity contribution in [1.29, 1.82) is 0 Å². The molecule has 0 aromatic heterocycles. The molecule has 1 aromatic rings. The summed E-state index contributed by atoms with van der Waals surface area (Å²) in [5.41, 5.74) is 3.33. The molecular formula is C21H32N2O. The minimum Gasteiger partial charge on any atom is -0.382 e. The fourth-order valence-electron chi connectivity index (χ4n) is 3.35. The molecule has 1 aromatic carbocycles. The summed E-state index contributed by atoms with van der Waals surface area (Å²) in [6, 6.07) is 10.8. The SMILES string of the molecule is C=CCCCC1=C(C(O)c2ccccc2)N(C(C)C)CN1C(C)C. The monoisotopic (exact) mass is 328 g/mol. The van der Waals surface area contributed by atoms with Gasteiger partial charge in [-0.05, 0) is 52.5 Å². The topological polar surface area (TPSA) is 26.7 Å². The van der Waals surface area contributed by atoms with Crippen molar-refractivity contribution in [3.8, 4) is 0 Å². The Bertz CT molecular complexity index is 562. The van der Waals surface area contributed by atoms with E-state index in [1.807, 2.05) is 36.4 Å². The summed E-state index contributed by atoms with van der Waals surface area (Å²) in [6.45, 7) is 13.5. The lowest BCUT2D eigenvalue weighted by molar-refractivity contribution is 0.136. The van der Waals surface area contributed by atoms with Gasteiger partial charge < -0.3 is 14.9 Å². The van der Waals surface area contributed by atoms with Gasteiger partial charge in [-0.2, -0.15) is 0 Å². The predicted octanol–water partition coefficient (Wildman–Crippen LogP) is 4.68. The highest BCUT2D eigenvalue weighted by Crippen LogP contribution is 2.38. The lowest BCUT2D eigenvalue weighted by Gasteiger charge is -2.30. The van der Waals surface area contributed by atoms with E-state index in [1.165, 1.54) is 5.70 Å². The standard InChI is InChI=1S/C21H32N2O/c1-6-7-9-14-19-20(21(24)18-12-10-8-11-13-18)23(17(4)5)15-22(19)16(2)3/h6,8,10-13,16-17,21,24H,1,7,9,14-15H2,2-5H3. The summed E-state index contributed by atoms with van der Waals surface area (Å²) in [5.74, 6) is 0. The Kier molecular flexibility index (Phi) is 6.50. The number of hydrogen-bond donors (Lipinski definition) is 1. The van der Waals surface area contributed by atoms with Gasteiger partial charge in [0.25, 0.3) is 0 Å². The van der Waals surface area contributed by atoms with Crippen molar-refractivity contribution in [3.05, 3.63) is 59.9 Å². The third-order valence-corrected chi connectivity index (χ3v) is 4.70. The maximum atomic E-state index is 11.1. The highest BCUT2D eigenvalue weighted by Gasteiger charge is 2.35. The van der Waals surface area contributed by atoms with Crippen LogP contribution in [0.25, 0.3) is 0 Å². The van der Waals surface area contributed by atoms with Crippen molar-refractivity contribution in [1.82, 2.24) is 9.80 Å². The van der Waals surface area contributed by atoms with Crippen LogP contribution in [-0.4, -0.2) is 33.7 Å². The van der Waals surface area contributed by atoms with Gasteiger partial charge in [-0.25, -0.2) is 0 Å². The Morgan fingerprint density at radius 3 is 2.25 bits per heavy atom. The van der Waals surface area contributed by atoms with Crippen LogP contribution in [0.5, 0.6) is 0 Å². The maximum Gasteiger partial charge on any atom is 0.120 e. The Morgan fingerprint density at radius 1 is 1.08 bits per heavy atom. The minimum atomic E-state index is -0.573. The molecule has 2 rings (SSSR count). The van der Waals surface area contributed by atoms with E-state index >= 15 is 0 Å². The molecule has 3 nitrogen and oxygen atoms in total. The van der Waals surface area contributed by atoms with Gasteiger partial charge in [0, 0.05) is 17.8 Å². The van der Waals surface area contributed by atoms with Crippen LogP contribution in [-0.2, 0) is 0 Å². The molecule has 1 N–H and O–H groups in total. The van der Waals surface area contributed by atoms with Gasteiger partial charge in [0.2, 0.25) is 0 Å². The summed E-state index contributed by atoms with van der Waals surface area (Å²) in [5, 5.41) is 11.1. The maximum absolute atomic E-state index is 11.1. The molecule has 0 fully saturated rings. The Balaban J connectivity index is 2.43. The molecule has 0 amide bonds. The highest BCUT2D eigenvalue weighted by molar-refractivity contribution is 5.31. The normalized spacial score (nSPS) is 16.5. The van der Waals surface area contributed by atoms with E-state index in [9.17, 15) is 5.11 Å². The van der Waals surface area contributed by atoms with Crippen molar-refractivity contribution < 1.29 is 5.11 Å². The van der Waals surface area contributed by atoms with Gasteiger partial charge in [0.15, 0.2) is 0 Å². The fourth-order valence-corrected chi connectivity index (χ4v) is 3.35. The Hall–Kier alpha value is -1.74. The van der Waals surface area contributed by atoms with E-state index in [2.05, 4.69) is 44.1 Å². The minimum absolute atomic E-state index is 0.358. The molecular weight excluding hydrogens is 296 g/mol. The number of hydrogen-bond acceptors (Lipinski definition) is 3. The number of allylic oxidation sites excluding steroid dienone is 2. The number of nitrogens with zero attached hydrogens (tertiary/aromatic N) is 2.